The molecule has 0 bridgehead atoms. The minimum Gasteiger partial charge on any atom is -0.318 e. The lowest BCUT2D eigenvalue weighted by Gasteiger charge is -1.98. The molecule has 0 radical (unpaired) electrons. The molecule has 0 aliphatic heterocycles. The van der Waals surface area contributed by atoms with Gasteiger partial charge in [-0.1, -0.05) is 12.1 Å². The first kappa shape index (κ1) is 10.0. The number of hydrogen-bond donors (Lipinski definition) is 1. The standard InChI is InChI=1S/C10H5F3N4/c11-10(12,13)9-16-7-8(17-9)15-6-4-2-1-3-5(6)14-7/h1-4H,(H,14,15,16,17). The van der Waals surface area contributed by atoms with Crippen molar-refractivity contribution in [2.45, 2.75) is 6.18 Å². The highest BCUT2D eigenvalue weighted by molar-refractivity contribution is 5.82. The Morgan fingerprint density at radius 1 is 0.941 bits per heavy atom. The summed E-state index contributed by atoms with van der Waals surface area (Å²) in [7, 11) is 0. The molecule has 0 atom stereocenters. The number of halogens is 3. The molecule has 2 heterocycles. The Kier molecular flexibility index (Phi) is 1.86. The third kappa shape index (κ3) is 1.59. The van der Waals surface area contributed by atoms with E-state index in [1.165, 1.54) is 0 Å². The minimum atomic E-state index is -4.52. The highest BCUT2D eigenvalue weighted by Gasteiger charge is 2.35. The zero-order chi connectivity index (χ0) is 12.0. The number of aromatic nitrogens is 4. The lowest BCUT2D eigenvalue weighted by molar-refractivity contribution is -0.144. The van der Waals surface area contributed by atoms with Gasteiger partial charge in [0.1, 0.15) is 0 Å². The van der Waals surface area contributed by atoms with E-state index in [0.29, 0.717) is 11.0 Å². The molecule has 3 aromatic rings. The van der Waals surface area contributed by atoms with Crippen LogP contribution in [0.3, 0.4) is 0 Å². The number of hydrogen-bond acceptors (Lipinski definition) is 3. The molecular formula is C10H5F3N4. The summed E-state index contributed by atoms with van der Waals surface area (Å²) in [4.78, 5) is 13.5. The fourth-order valence-corrected chi connectivity index (χ4v) is 1.53. The predicted octanol–water partition coefficient (Wildman–Crippen LogP) is 2.52. The van der Waals surface area contributed by atoms with Crippen LogP contribution < -0.4 is 0 Å². The van der Waals surface area contributed by atoms with Crippen molar-refractivity contribution in [2.75, 3.05) is 0 Å². The van der Waals surface area contributed by atoms with Crippen molar-refractivity contribution in [1.29, 1.82) is 0 Å². The number of para-hydroxylation sites is 2. The first-order valence-corrected chi connectivity index (χ1v) is 4.74. The normalized spacial score (nSPS) is 12.4. The summed E-state index contributed by atoms with van der Waals surface area (Å²) in [5.74, 6) is -1.08. The van der Waals surface area contributed by atoms with E-state index >= 15 is 0 Å². The maximum absolute atomic E-state index is 12.4. The third-order valence-corrected chi connectivity index (χ3v) is 2.28. The van der Waals surface area contributed by atoms with Crippen molar-refractivity contribution in [1.82, 2.24) is 19.9 Å². The molecule has 0 aliphatic rings. The average Bonchev–Trinajstić information content (AvgIpc) is 2.68. The van der Waals surface area contributed by atoms with Gasteiger partial charge in [0.25, 0.3) is 0 Å². The monoisotopic (exact) mass is 238 g/mol. The maximum Gasteiger partial charge on any atom is 0.449 e. The number of alkyl halides is 3. The van der Waals surface area contributed by atoms with Gasteiger partial charge in [-0.2, -0.15) is 13.2 Å². The van der Waals surface area contributed by atoms with E-state index in [4.69, 9.17) is 0 Å². The van der Waals surface area contributed by atoms with Gasteiger partial charge in [-0.3, -0.25) is 0 Å². The number of nitrogens with zero attached hydrogens (tertiary/aromatic N) is 3. The quantitative estimate of drug-likeness (QED) is 0.654. The second-order valence-electron chi connectivity index (χ2n) is 3.47. The molecule has 0 unspecified atom stereocenters. The molecule has 0 fully saturated rings. The van der Waals surface area contributed by atoms with Crippen molar-refractivity contribution >= 4 is 22.3 Å². The Balaban J connectivity index is 2.32. The zero-order valence-electron chi connectivity index (χ0n) is 8.28. The molecule has 86 valence electrons. The molecule has 0 saturated heterocycles. The molecule has 4 nitrogen and oxygen atoms in total. The van der Waals surface area contributed by atoms with Gasteiger partial charge >= 0.3 is 6.18 Å². The topological polar surface area (TPSA) is 54.5 Å². The van der Waals surface area contributed by atoms with Gasteiger partial charge in [-0.05, 0) is 12.1 Å². The van der Waals surface area contributed by atoms with Gasteiger partial charge in [0, 0.05) is 0 Å². The van der Waals surface area contributed by atoms with E-state index in [0.717, 1.165) is 0 Å². The summed E-state index contributed by atoms with van der Waals surface area (Å²) in [5, 5.41) is 0. The van der Waals surface area contributed by atoms with Crippen LogP contribution in [-0.2, 0) is 6.18 Å². The maximum atomic E-state index is 12.4. The summed E-state index contributed by atoms with van der Waals surface area (Å²) in [6.07, 6.45) is -4.52. The molecule has 1 aromatic carbocycles. The molecule has 7 heteroatoms. The van der Waals surface area contributed by atoms with Crippen LogP contribution in [0.2, 0.25) is 0 Å². The van der Waals surface area contributed by atoms with Crippen LogP contribution >= 0.6 is 0 Å². The molecule has 17 heavy (non-hydrogen) atoms. The molecule has 1 N–H and O–H groups in total. The van der Waals surface area contributed by atoms with E-state index in [1.54, 1.807) is 24.3 Å². The fraction of sp³-hybridized carbons (Fsp3) is 0.100. The summed E-state index contributed by atoms with van der Waals surface area (Å²) < 4.78 is 37.3. The van der Waals surface area contributed by atoms with E-state index in [1.807, 2.05) is 0 Å². The number of nitrogens with one attached hydrogen (secondary N) is 1. The molecule has 0 saturated carbocycles. The molecule has 0 aliphatic carbocycles. The fourth-order valence-electron chi connectivity index (χ4n) is 1.53. The lowest BCUT2D eigenvalue weighted by Crippen LogP contribution is -2.06. The summed E-state index contributed by atoms with van der Waals surface area (Å²) >= 11 is 0. The summed E-state index contributed by atoms with van der Waals surface area (Å²) in [6.45, 7) is 0. The summed E-state index contributed by atoms with van der Waals surface area (Å²) in [6, 6.07) is 6.82. The number of benzene rings is 1. The van der Waals surface area contributed by atoms with Crippen LogP contribution in [0.15, 0.2) is 24.3 Å². The van der Waals surface area contributed by atoms with Gasteiger partial charge in [0.2, 0.25) is 5.82 Å². The van der Waals surface area contributed by atoms with E-state index < -0.39 is 12.0 Å². The average molecular weight is 238 g/mol. The number of aromatic amines is 1. The highest BCUT2D eigenvalue weighted by Crippen LogP contribution is 2.28. The Morgan fingerprint density at radius 3 is 2.24 bits per heavy atom. The number of H-pyrrole nitrogens is 1. The second kappa shape index (κ2) is 3.16. The zero-order valence-corrected chi connectivity index (χ0v) is 8.28. The first-order valence-electron chi connectivity index (χ1n) is 4.74. The smallest absolute Gasteiger partial charge is 0.318 e. The molecule has 0 amide bonds. The number of fused-ring (bicyclic) bond motifs is 2. The first-order chi connectivity index (χ1) is 8.04. The molecule has 2 aromatic heterocycles. The van der Waals surface area contributed by atoms with Crippen LogP contribution in [0, 0.1) is 0 Å². The van der Waals surface area contributed by atoms with Gasteiger partial charge in [0.05, 0.1) is 11.0 Å². The largest absolute Gasteiger partial charge is 0.449 e. The van der Waals surface area contributed by atoms with E-state index in [9.17, 15) is 13.2 Å². The van der Waals surface area contributed by atoms with E-state index in [-0.39, 0.29) is 11.3 Å². The van der Waals surface area contributed by atoms with Crippen LogP contribution in [0.4, 0.5) is 13.2 Å². The SMILES string of the molecule is FC(F)(F)c1nc2nc3ccccc3nc2[nH]1. The van der Waals surface area contributed by atoms with Crippen molar-refractivity contribution in [2.24, 2.45) is 0 Å². The Morgan fingerprint density at radius 2 is 1.59 bits per heavy atom. The molecule has 3 rings (SSSR count). The van der Waals surface area contributed by atoms with Crippen LogP contribution in [0.1, 0.15) is 5.82 Å². The van der Waals surface area contributed by atoms with E-state index in [2.05, 4.69) is 19.9 Å². The van der Waals surface area contributed by atoms with Gasteiger partial charge < -0.3 is 4.98 Å². The van der Waals surface area contributed by atoms with Crippen LogP contribution in [-0.4, -0.2) is 19.9 Å². The van der Waals surface area contributed by atoms with Crippen molar-refractivity contribution in [3.8, 4) is 0 Å². The van der Waals surface area contributed by atoms with Crippen molar-refractivity contribution in [3.05, 3.63) is 30.1 Å². The van der Waals surface area contributed by atoms with Crippen molar-refractivity contribution < 1.29 is 13.2 Å². The Hall–Kier alpha value is -2.18. The van der Waals surface area contributed by atoms with Gasteiger partial charge in [-0.15, -0.1) is 0 Å². The minimum absolute atomic E-state index is 0.0315. The van der Waals surface area contributed by atoms with Gasteiger partial charge in [0.15, 0.2) is 11.3 Å². The Bertz CT molecular complexity index is 649. The number of rotatable bonds is 0. The Labute approximate surface area is 92.5 Å². The predicted molar refractivity (Wildman–Crippen MR) is 54.2 cm³/mol. The third-order valence-electron chi connectivity index (χ3n) is 2.28. The molecular weight excluding hydrogens is 233 g/mol. The van der Waals surface area contributed by atoms with Crippen LogP contribution in [0.25, 0.3) is 22.3 Å². The molecule has 0 spiro atoms. The van der Waals surface area contributed by atoms with Crippen LogP contribution in [0.5, 0.6) is 0 Å². The highest BCUT2D eigenvalue weighted by atomic mass is 19.4. The van der Waals surface area contributed by atoms with Crippen molar-refractivity contribution in [3.63, 3.8) is 0 Å². The second-order valence-corrected chi connectivity index (χ2v) is 3.47. The summed E-state index contributed by atoms with van der Waals surface area (Å²) in [5.41, 5.74) is 1.05. The lowest BCUT2D eigenvalue weighted by atomic mass is 10.3. The number of imidazole rings is 1. The van der Waals surface area contributed by atoms with Gasteiger partial charge in [-0.25, -0.2) is 15.0 Å².